The normalized spacial score (nSPS) is 12.0. The molecule has 0 aromatic heterocycles. The third-order valence-corrected chi connectivity index (χ3v) is 1.71. The van der Waals surface area contributed by atoms with Crippen LogP contribution in [-0.2, 0) is 9.59 Å². The van der Waals surface area contributed by atoms with Gasteiger partial charge in [-0.1, -0.05) is 13.8 Å². The Hall–Kier alpha value is -1.63. The highest BCUT2D eigenvalue weighted by atomic mass is 16.2. The molecule has 0 bridgehead atoms. The average Bonchev–Trinajstić information content (AvgIpc) is 2.11. The van der Waals surface area contributed by atoms with Crippen molar-refractivity contribution in [1.29, 1.82) is 0 Å². The van der Waals surface area contributed by atoms with Gasteiger partial charge >= 0.3 is 6.03 Å². The Bertz CT molecular complexity index is 265. The summed E-state index contributed by atoms with van der Waals surface area (Å²) >= 11 is 0. The maximum Gasteiger partial charge on any atom is 0.318 e. The Morgan fingerprint density at radius 2 is 1.80 bits per heavy atom. The fourth-order valence-corrected chi connectivity index (χ4v) is 0.770. The molecule has 0 rings (SSSR count). The number of imide groups is 1. The molecule has 7 heteroatoms. The van der Waals surface area contributed by atoms with E-state index in [0.717, 1.165) is 0 Å². The lowest BCUT2D eigenvalue weighted by Crippen LogP contribution is -2.48. The van der Waals surface area contributed by atoms with Gasteiger partial charge in [0, 0.05) is 0 Å². The van der Waals surface area contributed by atoms with Crippen molar-refractivity contribution < 1.29 is 14.4 Å². The summed E-state index contributed by atoms with van der Waals surface area (Å²) in [5.41, 5.74) is 10.2. The van der Waals surface area contributed by atoms with E-state index >= 15 is 0 Å². The molecule has 0 fully saturated rings. The lowest BCUT2D eigenvalue weighted by atomic mass is 10.1. The molecule has 0 aliphatic rings. The highest BCUT2D eigenvalue weighted by Crippen LogP contribution is 1.97. The summed E-state index contributed by atoms with van der Waals surface area (Å²) < 4.78 is 0. The minimum atomic E-state index is -0.956. The van der Waals surface area contributed by atoms with Gasteiger partial charge in [-0.3, -0.25) is 14.9 Å². The molecule has 1 atom stereocenters. The smallest absolute Gasteiger partial charge is 0.318 e. The fourth-order valence-electron chi connectivity index (χ4n) is 0.770. The number of rotatable bonds is 4. The van der Waals surface area contributed by atoms with Crippen LogP contribution in [0.4, 0.5) is 4.79 Å². The zero-order valence-corrected chi connectivity index (χ0v) is 8.74. The van der Waals surface area contributed by atoms with Crippen LogP contribution in [0.3, 0.4) is 0 Å². The second-order valence-corrected chi connectivity index (χ2v) is 3.40. The van der Waals surface area contributed by atoms with Gasteiger partial charge in [0.05, 0.1) is 12.6 Å². The highest BCUT2D eigenvalue weighted by molar-refractivity contribution is 5.96. The first-order valence-corrected chi connectivity index (χ1v) is 4.47. The molecular weight excluding hydrogens is 200 g/mol. The zero-order chi connectivity index (χ0) is 12.0. The predicted molar refractivity (Wildman–Crippen MR) is 53.5 cm³/mol. The van der Waals surface area contributed by atoms with Gasteiger partial charge in [-0.05, 0) is 5.92 Å². The summed E-state index contributed by atoms with van der Waals surface area (Å²) in [6, 6.07) is -1.63. The molecule has 86 valence electrons. The Kier molecular flexibility index (Phi) is 5.32. The van der Waals surface area contributed by atoms with E-state index in [2.05, 4.69) is 5.32 Å². The topological polar surface area (TPSA) is 127 Å². The monoisotopic (exact) mass is 216 g/mol. The molecule has 0 aliphatic heterocycles. The SMILES string of the molecule is CC(C)[C@H](N)C(=O)NCC(=O)NC(N)=O. The molecule has 0 aromatic rings. The van der Waals surface area contributed by atoms with Gasteiger partial charge in [0.15, 0.2) is 0 Å². The van der Waals surface area contributed by atoms with Crippen molar-refractivity contribution in [3.05, 3.63) is 0 Å². The van der Waals surface area contributed by atoms with Crippen LogP contribution in [0, 0.1) is 5.92 Å². The minimum absolute atomic E-state index is 0.0239. The zero-order valence-electron chi connectivity index (χ0n) is 8.74. The van der Waals surface area contributed by atoms with Crippen LogP contribution in [0.1, 0.15) is 13.8 Å². The summed E-state index contributed by atoms with van der Waals surface area (Å²) in [4.78, 5) is 32.4. The molecule has 0 saturated heterocycles. The summed E-state index contributed by atoms with van der Waals surface area (Å²) in [7, 11) is 0. The van der Waals surface area contributed by atoms with Crippen LogP contribution in [0.25, 0.3) is 0 Å². The summed E-state index contributed by atoms with van der Waals surface area (Å²) in [6.07, 6.45) is 0. The van der Waals surface area contributed by atoms with Gasteiger partial charge in [-0.25, -0.2) is 4.79 Å². The Morgan fingerprint density at radius 1 is 1.27 bits per heavy atom. The van der Waals surface area contributed by atoms with E-state index in [1.54, 1.807) is 13.8 Å². The Balaban J connectivity index is 3.90. The van der Waals surface area contributed by atoms with Crippen LogP contribution >= 0.6 is 0 Å². The molecule has 7 nitrogen and oxygen atoms in total. The standard InChI is InChI=1S/C8H16N4O3/c1-4(2)6(9)7(14)11-3-5(13)12-8(10)15/h4,6H,3,9H2,1-2H3,(H,11,14)(H3,10,12,13,15)/t6-/m0/s1. The number of amides is 4. The molecule has 0 aliphatic carbocycles. The van der Waals surface area contributed by atoms with Gasteiger partial charge in [-0.2, -0.15) is 0 Å². The van der Waals surface area contributed by atoms with Crippen LogP contribution in [-0.4, -0.2) is 30.4 Å². The summed E-state index contributed by atoms with van der Waals surface area (Å²) in [6.45, 7) is 3.25. The number of hydrogen-bond acceptors (Lipinski definition) is 4. The van der Waals surface area contributed by atoms with Crippen molar-refractivity contribution in [2.75, 3.05) is 6.54 Å². The van der Waals surface area contributed by atoms with Crippen LogP contribution in [0.15, 0.2) is 0 Å². The average molecular weight is 216 g/mol. The molecule has 0 spiro atoms. The van der Waals surface area contributed by atoms with Crippen molar-refractivity contribution in [2.45, 2.75) is 19.9 Å². The number of hydrogen-bond donors (Lipinski definition) is 4. The quantitative estimate of drug-likeness (QED) is 0.445. The first-order chi connectivity index (χ1) is 6.84. The Morgan fingerprint density at radius 3 is 2.20 bits per heavy atom. The van der Waals surface area contributed by atoms with E-state index in [1.165, 1.54) is 0 Å². The van der Waals surface area contributed by atoms with Gasteiger partial charge < -0.3 is 16.8 Å². The minimum Gasteiger partial charge on any atom is -0.351 e. The van der Waals surface area contributed by atoms with Crippen molar-refractivity contribution in [2.24, 2.45) is 17.4 Å². The molecular formula is C8H16N4O3. The van der Waals surface area contributed by atoms with Gasteiger partial charge in [0.25, 0.3) is 0 Å². The number of carbonyl (C=O) groups excluding carboxylic acids is 3. The van der Waals surface area contributed by atoms with Crippen LogP contribution in [0.5, 0.6) is 0 Å². The second kappa shape index (κ2) is 5.97. The van der Waals surface area contributed by atoms with Crippen molar-refractivity contribution >= 4 is 17.8 Å². The summed E-state index contributed by atoms with van der Waals surface area (Å²) in [5, 5.41) is 4.10. The lowest BCUT2D eigenvalue weighted by molar-refractivity contribution is -0.127. The fraction of sp³-hybridized carbons (Fsp3) is 0.625. The van der Waals surface area contributed by atoms with E-state index < -0.39 is 23.9 Å². The van der Waals surface area contributed by atoms with Gasteiger partial charge in [0.2, 0.25) is 11.8 Å². The molecule has 0 heterocycles. The maximum absolute atomic E-state index is 11.2. The van der Waals surface area contributed by atoms with E-state index in [4.69, 9.17) is 11.5 Å². The van der Waals surface area contributed by atoms with Crippen LogP contribution < -0.4 is 22.1 Å². The van der Waals surface area contributed by atoms with E-state index in [-0.39, 0.29) is 12.5 Å². The molecule has 0 saturated carbocycles. The number of primary amides is 1. The van der Waals surface area contributed by atoms with E-state index in [9.17, 15) is 14.4 Å². The molecule has 0 radical (unpaired) electrons. The Labute approximate surface area is 87.6 Å². The number of urea groups is 1. The molecule has 15 heavy (non-hydrogen) atoms. The van der Waals surface area contributed by atoms with E-state index in [1.807, 2.05) is 5.32 Å². The maximum atomic E-state index is 11.2. The molecule has 0 aromatic carbocycles. The molecule has 6 N–H and O–H groups in total. The highest BCUT2D eigenvalue weighted by Gasteiger charge is 2.17. The largest absolute Gasteiger partial charge is 0.351 e. The number of nitrogens with two attached hydrogens (primary N) is 2. The third kappa shape index (κ3) is 5.63. The first kappa shape index (κ1) is 13.4. The lowest BCUT2D eigenvalue weighted by Gasteiger charge is -2.14. The molecule has 4 amide bonds. The predicted octanol–water partition coefficient (Wildman–Crippen LogP) is -1.72. The number of carbonyl (C=O) groups is 3. The van der Waals surface area contributed by atoms with Crippen molar-refractivity contribution in [3.8, 4) is 0 Å². The first-order valence-electron chi connectivity index (χ1n) is 4.47. The van der Waals surface area contributed by atoms with Crippen molar-refractivity contribution in [3.63, 3.8) is 0 Å². The summed E-state index contributed by atoms with van der Waals surface area (Å²) in [5.74, 6) is -1.14. The van der Waals surface area contributed by atoms with E-state index in [0.29, 0.717) is 0 Å². The molecule has 0 unspecified atom stereocenters. The van der Waals surface area contributed by atoms with Crippen LogP contribution in [0.2, 0.25) is 0 Å². The van der Waals surface area contributed by atoms with Gasteiger partial charge in [0.1, 0.15) is 0 Å². The second-order valence-electron chi connectivity index (χ2n) is 3.40. The van der Waals surface area contributed by atoms with Crippen molar-refractivity contribution in [1.82, 2.24) is 10.6 Å². The third-order valence-electron chi connectivity index (χ3n) is 1.71. The van der Waals surface area contributed by atoms with Gasteiger partial charge in [-0.15, -0.1) is 0 Å². The number of nitrogens with one attached hydrogen (secondary N) is 2.